The molecule has 0 aromatic carbocycles. The van der Waals surface area contributed by atoms with Gasteiger partial charge < -0.3 is 8.85 Å². The monoisotopic (exact) mass is 342 g/mol. The highest BCUT2D eigenvalue weighted by molar-refractivity contribution is 6.70. The largest absolute Gasteiger partial charge is 0.548 e. The minimum absolute atomic E-state index is 0.0131. The van der Waals surface area contributed by atoms with Crippen LogP contribution in [0.5, 0.6) is 0 Å². The van der Waals surface area contributed by atoms with Gasteiger partial charge in [-0.2, -0.15) is 0 Å². The maximum absolute atomic E-state index is 6.11. The second kappa shape index (κ2) is 6.95. The van der Waals surface area contributed by atoms with Crippen LogP contribution >= 0.6 is 0 Å². The average molecular weight is 343 g/mol. The Balaban J connectivity index is 5.32. The summed E-state index contributed by atoms with van der Waals surface area (Å²) in [5.41, 5.74) is -0.0262. The van der Waals surface area contributed by atoms with Crippen LogP contribution in [-0.4, -0.2) is 16.6 Å². The molecule has 0 unspecified atom stereocenters. The Hall–Kier alpha value is -0.486. The van der Waals surface area contributed by atoms with Crippen LogP contribution < -0.4 is 0 Å². The van der Waals surface area contributed by atoms with E-state index < -0.39 is 16.6 Å². The van der Waals surface area contributed by atoms with Gasteiger partial charge in [0, 0.05) is 0 Å². The maximum atomic E-state index is 6.11. The molecule has 4 heteroatoms. The van der Waals surface area contributed by atoms with Crippen LogP contribution in [0.15, 0.2) is 23.7 Å². The van der Waals surface area contributed by atoms with Gasteiger partial charge in [-0.3, -0.25) is 0 Å². The molecule has 0 atom stereocenters. The minimum atomic E-state index is -1.55. The van der Waals surface area contributed by atoms with E-state index in [1.54, 1.807) is 0 Å². The lowest BCUT2D eigenvalue weighted by molar-refractivity contribution is 0.217. The molecule has 0 aliphatic heterocycles. The molecule has 0 rings (SSSR count). The van der Waals surface area contributed by atoms with E-state index in [0.717, 1.165) is 11.5 Å². The Morgan fingerprint density at radius 3 is 1.05 bits per heavy atom. The SMILES string of the molecule is C/C(=C\C(C)(C)C(C)(C)/C=C(\C)O[Si](C)(C)C)O[Si](C)(C)C. The van der Waals surface area contributed by atoms with Crippen molar-refractivity contribution in [2.45, 2.75) is 80.8 Å². The van der Waals surface area contributed by atoms with Crippen molar-refractivity contribution in [3.8, 4) is 0 Å². The summed E-state index contributed by atoms with van der Waals surface area (Å²) in [4.78, 5) is 0. The first-order valence-electron chi connectivity index (χ1n) is 8.22. The molecule has 0 aromatic heterocycles. The number of allylic oxidation sites excluding steroid dienone is 4. The van der Waals surface area contributed by atoms with E-state index >= 15 is 0 Å². The number of rotatable bonds is 7. The topological polar surface area (TPSA) is 18.5 Å². The van der Waals surface area contributed by atoms with Crippen molar-refractivity contribution in [2.75, 3.05) is 0 Å². The van der Waals surface area contributed by atoms with Gasteiger partial charge in [0.2, 0.25) is 16.6 Å². The third-order valence-corrected chi connectivity index (χ3v) is 5.59. The fourth-order valence-corrected chi connectivity index (χ4v) is 4.46. The lowest BCUT2D eigenvalue weighted by atomic mass is 9.67. The van der Waals surface area contributed by atoms with E-state index in [1.807, 2.05) is 0 Å². The molecular weight excluding hydrogens is 304 g/mol. The Morgan fingerprint density at radius 2 is 0.864 bits per heavy atom. The number of hydrogen-bond donors (Lipinski definition) is 0. The van der Waals surface area contributed by atoms with Crippen LogP contribution in [0.1, 0.15) is 41.5 Å². The number of hydrogen-bond acceptors (Lipinski definition) is 2. The zero-order chi connectivity index (χ0) is 18.0. The van der Waals surface area contributed by atoms with E-state index in [2.05, 4.69) is 93.0 Å². The van der Waals surface area contributed by atoms with Crippen LogP contribution in [0.4, 0.5) is 0 Å². The Kier molecular flexibility index (Phi) is 6.80. The van der Waals surface area contributed by atoms with Crippen LogP contribution in [0.25, 0.3) is 0 Å². The predicted molar refractivity (Wildman–Crippen MR) is 104 cm³/mol. The van der Waals surface area contributed by atoms with E-state index in [9.17, 15) is 0 Å². The van der Waals surface area contributed by atoms with Gasteiger partial charge in [-0.25, -0.2) is 0 Å². The lowest BCUT2D eigenvalue weighted by Gasteiger charge is -2.39. The standard InChI is InChI=1S/C18H38O2Si2/c1-15(19-21(7,8)9)13-17(3,4)18(5,6)14-16(2)20-22(10,11)12/h13-14H,1-12H3/b15-13+,16-14+. The molecule has 0 aliphatic rings. The minimum Gasteiger partial charge on any atom is -0.548 e. The van der Waals surface area contributed by atoms with Crippen molar-refractivity contribution < 1.29 is 8.85 Å². The summed E-state index contributed by atoms with van der Waals surface area (Å²) in [6, 6.07) is 0. The van der Waals surface area contributed by atoms with E-state index in [-0.39, 0.29) is 10.8 Å². The summed E-state index contributed by atoms with van der Waals surface area (Å²) in [6.45, 7) is 26.5. The first kappa shape index (κ1) is 21.5. The summed E-state index contributed by atoms with van der Waals surface area (Å²) < 4.78 is 12.2. The van der Waals surface area contributed by atoms with Gasteiger partial charge in [-0.05, 0) is 76.1 Å². The molecule has 0 spiro atoms. The zero-order valence-electron chi connectivity index (χ0n) is 17.0. The molecule has 0 amide bonds. The fourth-order valence-electron chi connectivity index (χ4n) is 2.41. The Labute approximate surface area is 141 Å². The van der Waals surface area contributed by atoms with Gasteiger partial charge >= 0.3 is 0 Å². The molecule has 0 bridgehead atoms. The van der Waals surface area contributed by atoms with Gasteiger partial charge in [0.05, 0.1) is 11.5 Å². The lowest BCUT2D eigenvalue weighted by Crippen LogP contribution is -2.32. The van der Waals surface area contributed by atoms with Crippen molar-refractivity contribution in [1.29, 1.82) is 0 Å². The summed E-state index contributed by atoms with van der Waals surface area (Å²) in [6.07, 6.45) is 4.53. The van der Waals surface area contributed by atoms with Crippen molar-refractivity contribution in [1.82, 2.24) is 0 Å². The molecule has 0 aliphatic carbocycles. The zero-order valence-corrected chi connectivity index (χ0v) is 19.0. The molecule has 130 valence electrons. The Morgan fingerprint density at radius 1 is 0.636 bits per heavy atom. The van der Waals surface area contributed by atoms with E-state index in [0.29, 0.717) is 0 Å². The quantitative estimate of drug-likeness (QED) is 0.386. The molecular formula is C18H38O2Si2. The predicted octanol–water partition coefficient (Wildman–Crippen LogP) is 6.55. The molecule has 0 aromatic rings. The molecule has 0 saturated heterocycles. The van der Waals surface area contributed by atoms with E-state index in [4.69, 9.17) is 8.85 Å². The normalized spacial score (nSPS) is 15.8. The summed E-state index contributed by atoms with van der Waals surface area (Å²) in [7, 11) is -3.09. The highest BCUT2D eigenvalue weighted by Gasteiger charge is 2.35. The molecule has 0 radical (unpaired) electrons. The molecule has 0 saturated carbocycles. The van der Waals surface area contributed by atoms with Gasteiger partial charge in [-0.1, -0.05) is 27.7 Å². The van der Waals surface area contributed by atoms with Crippen molar-refractivity contribution >= 4 is 16.6 Å². The first-order chi connectivity index (χ1) is 9.45. The molecule has 0 fully saturated rings. The third kappa shape index (κ3) is 8.23. The van der Waals surface area contributed by atoms with Crippen molar-refractivity contribution in [3.63, 3.8) is 0 Å². The van der Waals surface area contributed by atoms with Crippen LogP contribution in [0.3, 0.4) is 0 Å². The molecule has 2 nitrogen and oxygen atoms in total. The van der Waals surface area contributed by atoms with Gasteiger partial charge in [0.1, 0.15) is 0 Å². The second-order valence-corrected chi connectivity index (χ2v) is 18.2. The molecule has 22 heavy (non-hydrogen) atoms. The van der Waals surface area contributed by atoms with Crippen molar-refractivity contribution in [2.24, 2.45) is 10.8 Å². The first-order valence-corrected chi connectivity index (χ1v) is 15.0. The molecule has 0 N–H and O–H groups in total. The Bertz CT molecular complexity index is 391. The van der Waals surface area contributed by atoms with Crippen LogP contribution in [0.2, 0.25) is 39.3 Å². The van der Waals surface area contributed by atoms with Gasteiger partial charge in [0.15, 0.2) is 0 Å². The third-order valence-electron chi connectivity index (χ3n) is 3.72. The van der Waals surface area contributed by atoms with Crippen LogP contribution in [0, 0.1) is 10.8 Å². The summed E-state index contributed by atoms with van der Waals surface area (Å²) in [5.74, 6) is 2.07. The van der Waals surface area contributed by atoms with E-state index in [1.165, 1.54) is 0 Å². The van der Waals surface area contributed by atoms with Gasteiger partial charge in [0.25, 0.3) is 0 Å². The second-order valence-electron chi connectivity index (χ2n) is 9.38. The van der Waals surface area contributed by atoms with Crippen molar-refractivity contribution in [3.05, 3.63) is 23.7 Å². The molecule has 0 heterocycles. The fraction of sp³-hybridized carbons (Fsp3) is 0.778. The maximum Gasteiger partial charge on any atom is 0.241 e. The summed E-state index contributed by atoms with van der Waals surface area (Å²) >= 11 is 0. The van der Waals surface area contributed by atoms with Gasteiger partial charge in [-0.15, -0.1) is 0 Å². The smallest absolute Gasteiger partial charge is 0.241 e. The summed E-state index contributed by atoms with van der Waals surface area (Å²) in [5, 5.41) is 0. The highest BCUT2D eigenvalue weighted by atomic mass is 28.4. The van der Waals surface area contributed by atoms with Crippen LogP contribution in [-0.2, 0) is 8.85 Å². The average Bonchev–Trinajstić information content (AvgIpc) is 2.06. The highest BCUT2D eigenvalue weighted by Crippen LogP contribution is 2.43.